The quantitative estimate of drug-likeness (QED) is 0.744. The Kier molecular flexibility index (Phi) is 5.47. The summed E-state index contributed by atoms with van der Waals surface area (Å²) in [5.74, 6) is -0.499. The number of amides is 4. The van der Waals surface area contributed by atoms with E-state index in [0.717, 1.165) is 42.8 Å². The summed E-state index contributed by atoms with van der Waals surface area (Å²) >= 11 is 0. The van der Waals surface area contributed by atoms with Gasteiger partial charge in [0.25, 0.3) is 5.91 Å². The van der Waals surface area contributed by atoms with E-state index in [2.05, 4.69) is 15.5 Å². The highest BCUT2D eigenvalue weighted by Crippen LogP contribution is 2.42. The summed E-state index contributed by atoms with van der Waals surface area (Å²) in [6, 6.07) is 5.41. The molecule has 2 heterocycles. The van der Waals surface area contributed by atoms with Gasteiger partial charge in [-0.3, -0.25) is 14.5 Å². The largest absolute Gasteiger partial charge is 0.371 e. The van der Waals surface area contributed by atoms with Crippen LogP contribution in [0.15, 0.2) is 18.2 Å². The number of aryl methyl sites for hydroxylation is 1. The molecule has 1 aromatic carbocycles. The third-order valence-corrected chi connectivity index (χ3v) is 7.22. The molecule has 2 N–H and O–H groups in total. The van der Waals surface area contributed by atoms with E-state index >= 15 is 0 Å². The molecule has 0 radical (unpaired) electrons. The number of imide groups is 1. The van der Waals surface area contributed by atoms with Crippen molar-refractivity contribution in [3.05, 3.63) is 23.8 Å². The molecule has 1 aromatic rings. The Morgan fingerprint density at radius 2 is 1.80 bits per heavy atom. The second-order valence-electron chi connectivity index (χ2n) is 9.17. The first-order valence-electron chi connectivity index (χ1n) is 11.1. The molecule has 2 saturated heterocycles. The van der Waals surface area contributed by atoms with Gasteiger partial charge in [0, 0.05) is 24.5 Å². The molecule has 7 heteroatoms. The lowest BCUT2D eigenvalue weighted by Crippen LogP contribution is -2.59. The molecule has 2 aliphatic heterocycles. The summed E-state index contributed by atoms with van der Waals surface area (Å²) in [5, 5.41) is 5.79. The topological polar surface area (TPSA) is 81.8 Å². The maximum absolute atomic E-state index is 13.2. The van der Waals surface area contributed by atoms with Crippen LogP contribution in [0.4, 0.5) is 16.2 Å². The van der Waals surface area contributed by atoms with Gasteiger partial charge in [0.1, 0.15) is 12.1 Å². The van der Waals surface area contributed by atoms with E-state index in [1.54, 1.807) is 0 Å². The second-order valence-corrected chi connectivity index (χ2v) is 9.17. The fraction of sp³-hybridized carbons (Fsp3) is 0.609. The van der Waals surface area contributed by atoms with Crippen LogP contribution in [0.3, 0.4) is 0 Å². The van der Waals surface area contributed by atoms with Gasteiger partial charge in [-0.05, 0) is 68.2 Å². The number of hydrogen-bond acceptors (Lipinski definition) is 4. The van der Waals surface area contributed by atoms with Crippen LogP contribution in [0.5, 0.6) is 0 Å². The van der Waals surface area contributed by atoms with Gasteiger partial charge in [-0.25, -0.2) is 4.79 Å². The van der Waals surface area contributed by atoms with Crippen molar-refractivity contribution >= 4 is 29.2 Å². The van der Waals surface area contributed by atoms with Crippen LogP contribution in [0.25, 0.3) is 0 Å². The number of urea groups is 1. The number of rotatable bonds is 4. The van der Waals surface area contributed by atoms with Crippen LogP contribution in [-0.2, 0) is 9.59 Å². The Morgan fingerprint density at radius 1 is 1.13 bits per heavy atom. The van der Waals surface area contributed by atoms with Crippen LogP contribution < -0.4 is 15.5 Å². The Morgan fingerprint density at radius 3 is 2.43 bits per heavy atom. The Hall–Kier alpha value is -2.57. The van der Waals surface area contributed by atoms with Crippen molar-refractivity contribution in [3.8, 4) is 0 Å². The maximum Gasteiger partial charge on any atom is 0.325 e. The van der Waals surface area contributed by atoms with Crippen molar-refractivity contribution in [2.75, 3.05) is 29.9 Å². The first-order chi connectivity index (χ1) is 14.3. The molecule has 0 bridgehead atoms. The summed E-state index contributed by atoms with van der Waals surface area (Å²) < 4.78 is 0. The van der Waals surface area contributed by atoms with Crippen molar-refractivity contribution in [2.45, 2.75) is 58.4 Å². The summed E-state index contributed by atoms with van der Waals surface area (Å²) in [5.41, 5.74) is 2.11. The van der Waals surface area contributed by atoms with Crippen molar-refractivity contribution < 1.29 is 14.4 Å². The maximum atomic E-state index is 13.2. The van der Waals surface area contributed by atoms with E-state index < -0.39 is 11.6 Å². The molecule has 1 spiro atoms. The molecule has 7 nitrogen and oxygen atoms in total. The number of nitrogens with zero attached hydrogens (tertiary/aromatic N) is 2. The summed E-state index contributed by atoms with van der Waals surface area (Å²) in [6.07, 6.45) is 5.28. The Labute approximate surface area is 178 Å². The summed E-state index contributed by atoms with van der Waals surface area (Å²) in [6.45, 7) is 7.94. The third-order valence-electron chi connectivity index (χ3n) is 7.22. The average molecular weight is 413 g/mol. The van der Waals surface area contributed by atoms with Crippen molar-refractivity contribution in [1.29, 1.82) is 0 Å². The van der Waals surface area contributed by atoms with Gasteiger partial charge in [0.2, 0.25) is 5.91 Å². The molecule has 4 amide bonds. The molecule has 30 heavy (non-hydrogen) atoms. The standard InChI is InChI=1S/C23H32N4O3/c1-15-13-18(9-10-19(15)26-11-4-5-12-26)24-20(28)14-27-21(29)23(25-22(27)30)16(2)7-6-8-17(23)3/h9-10,13,16-17H,4-8,11-12,14H2,1-3H3,(H,24,28)(H,25,30)/t16-,17-/m0/s1. The van der Waals surface area contributed by atoms with E-state index in [1.165, 1.54) is 18.5 Å². The van der Waals surface area contributed by atoms with Crippen molar-refractivity contribution in [3.63, 3.8) is 0 Å². The highest BCUT2D eigenvalue weighted by Gasteiger charge is 2.58. The minimum absolute atomic E-state index is 0.0616. The summed E-state index contributed by atoms with van der Waals surface area (Å²) in [4.78, 5) is 41.9. The lowest BCUT2D eigenvalue weighted by molar-refractivity contribution is -0.138. The second kappa shape index (κ2) is 7.93. The van der Waals surface area contributed by atoms with Crippen molar-refractivity contribution in [1.82, 2.24) is 10.2 Å². The van der Waals surface area contributed by atoms with E-state index in [9.17, 15) is 14.4 Å². The van der Waals surface area contributed by atoms with Gasteiger partial charge >= 0.3 is 6.03 Å². The molecule has 1 aliphatic carbocycles. The van der Waals surface area contributed by atoms with E-state index in [-0.39, 0.29) is 30.2 Å². The zero-order valence-corrected chi connectivity index (χ0v) is 18.2. The molecular weight excluding hydrogens is 380 g/mol. The van der Waals surface area contributed by atoms with Crippen LogP contribution in [0, 0.1) is 18.8 Å². The van der Waals surface area contributed by atoms with E-state index in [0.29, 0.717) is 5.69 Å². The van der Waals surface area contributed by atoms with Gasteiger partial charge in [0.15, 0.2) is 0 Å². The lowest BCUT2D eigenvalue weighted by Gasteiger charge is -2.42. The highest BCUT2D eigenvalue weighted by molar-refractivity contribution is 6.10. The van der Waals surface area contributed by atoms with Crippen LogP contribution >= 0.6 is 0 Å². The monoisotopic (exact) mass is 412 g/mol. The van der Waals surface area contributed by atoms with Crippen LogP contribution in [0.2, 0.25) is 0 Å². The number of carbonyl (C=O) groups is 3. The predicted octanol–water partition coefficient (Wildman–Crippen LogP) is 3.28. The Balaban J connectivity index is 1.43. The first kappa shape index (κ1) is 20.7. The van der Waals surface area contributed by atoms with Crippen LogP contribution in [0.1, 0.15) is 51.5 Å². The predicted molar refractivity (Wildman–Crippen MR) is 116 cm³/mol. The number of benzene rings is 1. The molecule has 0 aromatic heterocycles. The zero-order valence-electron chi connectivity index (χ0n) is 18.2. The molecule has 3 fully saturated rings. The average Bonchev–Trinajstić information content (AvgIpc) is 3.30. The van der Waals surface area contributed by atoms with E-state index in [4.69, 9.17) is 0 Å². The van der Waals surface area contributed by atoms with Gasteiger partial charge in [0.05, 0.1) is 0 Å². The number of anilines is 2. The normalized spacial score (nSPS) is 25.7. The van der Waals surface area contributed by atoms with Gasteiger partial charge in [-0.1, -0.05) is 20.3 Å². The fourth-order valence-corrected chi connectivity index (χ4v) is 5.49. The molecule has 3 aliphatic rings. The number of hydrogen-bond donors (Lipinski definition) is 2. The lowest BCUT2D eigenvalue weighted by atomic mass is 9.67. The van der Waals surface area contributed by atoms with Gasteiger partial charge in [-0.2, -0.15) is 0 Å². The van der Waals surface area contributed by atoms with Crippen LogP contribution in [-0.4, -0.2) is 47.9 Å². The molecule has 0 unspecified atom stereocenters. The first-order valence-corrected chi connectivity index (χ1v) is 11.1. The van der Waals surface area contributed by atoms with Gasteiger partial charge in [-0.15, -0.1) is 0 Å². The molecule has 1 saturated carbocycles. The highest BCUT2D eigenvalue weighted by atomic mass is 16.2. The third kappa shape index (κ3) is 3.44. The molecule has 162 valence electrons. The minimum Gasteiger partial charge on any atom is -0.371 e. The zero-order chi connectivity index (χ0) is 21.5. The molecule has 4 rings (SSSR count). The molecule has 2 atom stereocenters. The van der Waals surface area contributed by atoms with Gasteiger partial charge < -0.3 is 15.5 Å². The molecular formula is C23H32N4O3. The summed E-state index contributed by atoms with van der Waals surface area (Å²) in [7, 11) is 0. The SMILES string of the molecule is Cc1cc(NC(=O)CN2C(=O)NC3(C2=O)[C@@H](C)CCC[C@@H]3C)ccc1N1CCCC1. The number of carbonyl (C=O) groups excluding carboxylic acids is 3. The van der Waals surface area contributed by atoms with E-state index in [1.807, 2.05) is 39.0 Å². The van der Waals surface area contributed by atoms with Crippen molar-refractivity contribution in [2.24, 2.45) is 11.8 Å². The smallest absolute Gasteiger partial charge is 0.325 e. The number of nitrogens with one attached hydrogen (secondary N) is 2. The minimum atomic E-state index is -0.871. The Bertz CT molecular complexity index is 852. The fourth-order valence-electron chi connectivity index (χ4n) is 5.49.